The maximum Gasteiger partial charge on any atom is 0.336 e. The number of ether oxygens (including phenoxy) is 1. The Labute approximate surface area is 225 Å². The summed E-state index contributed by atoms with van der Waals surface area (Å²) < 4.78 is 7.81. The third-order valence-electron chi connectivity index (χ3n) is 5.83. The molecule has 0 aliphatic rings. The van der Waals surface area contributed by atoms with Gasteiger partial charge in [-0.15, -0.1) is 0 Å². The molecule has 8 heteroatoms. The summed E-state index contributed by atoms with van der Waals surface area (Å²) in [5.41, 5.74) is 4.63. The molecule has 0 fully saturated rings. The largest absolute Gasteiger partial charge is 0.484 e. The van der Waals surface area contributed by atoms with Gasteiger partial charge < -0.3 is 19.7 Å². The third-order valence-corrected chi connectivity index (χ3v) is 6.38. The van der Waals surface area contributed by atoms with Gasteiger partial charge in [-0.1, -0.05) is 53.1 Å². The van der Waals surface area contributed by atoms with Crippen molar-refractivity contribution in [3.8, 4) is 5.75 Å². The van der Waals surface area contributed by atoms with E-state index in [1.165, 1.54) is 5.57 Å². The van der Waals surface area contributed by atoms with Crippen molar-refractivity contribution in [2.75, 3.05) is 11.9 Å². The number of hydrogen-bond acceptors (Lipinski definition) is 3. The van der Waals surface area contributed by atoms with Crippen LogP contribution in [0.15, 0.2) is 78.5 Å². The summed E-state index contributed by atoms with van der Waals surface area (Å²) in [5, 5.41) is 14.2. The van der Waals surface area contributed by atoms with E-state index in [-0.39, 0.29) is 18.1 Å². The van der Waals surface area contributed by atoms with Crippen LogP contribution in [-0.4, -0.2) is 28.2 Å². The average molecular weight is 537 g/mol. The van der Waals surface area contributed by atoms with Crippen molar-refractivity contribution in [2.45, 2.75) is 26.8 Å². The molecule has 4 aromatic rings. The van der Waals surface area contributed by atoms with E-state index in [0.717, 1.165) is 22.9 Å². The molecule has 4 rings (SSSR count). The number of allylic oxidation sites excluding steroid dienone is 2. The van der Waals surface area contributed by atoms with E-state index in [0.29, 0.717) is 33.6 Å². The fourth-order valence-electron chi connectivity index (χ4n) is 4.02. The summed E-state index contributed by atoms with van der Waals surface area (Å²) >= 11 is 12.0. The Hall–Kier alpha value is -3.74. The number of rotatable bonds is 9. The van der Waals surface area contributed by atoms with Crippen LogP contribution in [0.3, 0.4) is 0 Å². The van der Waals surface area contributed by atoms with E-state index in [2.05, 4.69) is 25.2 Å². The number of hydrogen-bond donors (Lipinski definition) is 2. The number of nitrogens with zero attached hydrogens (tertiary/aromatic N) is 1. The fraction of sp³-hybridized carbons (Fsp3) is 0.172. The number of anilines is 1. The van der Waals surface area contributed by atoms with Crippen LogP contribution < -0.4 is 10.1 Å². The second-order valence-electron chi connectivity index (χ2n) is 8.87. The molecule has 2 N–H and O–H groups in total. The molecule has 0 radical (unpaired) electrons. The van der Waals surface area contributed by atoms with Gasteiger partial charge in [0.15, 0.2) is 6.61 Å². The van der Waals surface area contributed by atoms with Crippen molar-refractivity contribution in [3.05, 3.63) is 105 Å². The molecular weight excluding hydrogens is 511 g/mol. The SMILES string of the molecule is CC(C)=CCc1cn(Cc2ccccc2C(=O)O)c2cc(OCC(=O)Nc3ccc(Cl)cc3Cl)ccc12. The minimum Gasteiger partial charge on any atom is -0.484 e. The third kappa shape index (κ3) is 6.53. The quantitative estimate of drug-likeness (QED) is 0.221. The van der Waals surface area contributed by atoms with E-state index >= 15 is 0 Å². The zero-order chi connectivity index (χ0) is 26.5. The van der Waals surface area contributed by atoms with Crippen molar-refractivity contribution in [1.82, 2.24) is 4.57 Å². The molecule has 0 aliphatic carbocycles. The first kappa shape index (κ1) is 26.3. The first-order chi connectivity index (χ1) is 17.7. The predicted octanol–water partition coefficient (Wildman–Crippen LogP) is 7.22. The minimum absolute atomic E-state index is 0.211. The van der Waals surface area contributed by atoms with Crippen LogP contribution in [0.4, 0.5) is 5.69 Å². The van der Waals surface area contributed by atoms with Gasteiger partial charge in [0.05, 0.1) is 21.8 Å². The molecule has 0 atom stereocenters. The molecule has 0 unspecified atom stereocenters. The van der Waals surface area contributed by atoms with E-state index in [1.807, 2.05) is 41.1 Å². The first-order valence-electron chi connectivity index (χ1n) is 11.7. The Balaban J connectivity index is 1.59. The fourth-order valence-corrected chi connectivity index (χ4v) is 4.48. The molecular formula is C29H26Cl2N2O4. The van der Waals surface area contributed by atoms with Crippen molar-refractivity contribution in [1.29, 1.82) is 0 Å². The Kier molecular flexibility index (Phi) is 8.21. The van der Waals surface area contributed by atoms with Crippen LogP contribution in [0.1, 0.15) is 35.3 Å². The highest BCUT2D eigenvalue weighted by Gasteiger charge is 2.14. The summed E-state index contributed by atoms with van der Waals surface area (Å²) in [6.45, 7) is 4.28. The monoisotopic (exact) mass is 536 g/mol. The number of carboxylic acids is 1. The number of nitrogens with one attached hydrogen (secondary N) is 1. The Bertz CT molecular complexity index is 1500. The maximum atomic E-state index is 12.5. The molecule has 1 heterocycles. The number of aromatic carboxylic acids is 1. The lowest BCUT2D eigenvalue weighted by molar-refractivity contribution is -0.118. The Morgan fingerprint density at radius 2 is 1.81 bits per heavy atom. The van der Waals surface area contributed by atoms with Gasteiger partial charge in [0.2, 0.25) is 0 Å². The molecule has 0 spiro atoms. The summed E-state index contributed by atoms with van der Waals surface area (Å²) in [7, 11) is 0. The lowest BCUT2D eigenvalue weighted by atomic mass is 10.1. The molecule has 0 saturated heterocycles. The molecule has 1 amide bonds. The molecule has 37 heavy (non-hydrogen) atoms. The van der Waals surface area contributed by atoms with Crippen molar-refractivity contribution in [2.24, 2.45) is 0 Å². The molecule has 0 aliphatic heterocycles. The van der Waals surface area contributed by atoms with Crippen LogP contribution in [0.5, 0.6) is 5.75 Å². The van der Waals surface area contributed by atoms with E-state index < -0.39 is 5.97 Å². The van der Waals surface area contributed by atoms with Crippen molar-refractivity contribution in [3.63, 3.8) is 0 Å². The number of carbonyl (C=O) groups excluding carboxylic acids is 1. The molecule has 0 bridgehead atoms. The standard InChI is InChI=1S/C29H26Cl2N2O4/c1-18(2)7-8-20-16-33(15-19-5-3-4-6-24(19)29(35)36)27-14-22(10-11-23(20)27)37-17-28(34)32-26-12-9-21(30)13-25(26)31/h3-7,9-14,16H,8,15,17H2,1-2H3,(H,32,34)(H,35,36). The van der Waals surface area contributed by atoms with Gasteiger partial charge in [0, 0.05) is 29.2 Å². The topological polar surface area (TPSA) is 80.6 Å². The summed E-state index contributed by atoms with van der Waals surface area (Å²) in [5.74, 6) is -0.809. The van der Waals surface area contributed by atoms with Gasteiger partial charge >= 0.3 is 5.97 Å². The number of halogens is 2. The number of carboxylic acid groups (broad SMARTS) is 1. The highest BCUT2D eigenvalue weighted by molar-refractivity contribution is 6.36. The zero-order valence-corrected chi connectivity index (χ0v) is 21.9. The number of amides is 1. The van der Waals surface area contributed by atoms with Crippen LogP contribution >= 0.6 is 23.2 Å². The maximum absolute atomic E-state index is 12.5. The van der Waals surface area contributed by atoms with Crippen LogP contribution in [0.2, 0.25) is 10.0 Å². The lowest BCUT2D eigenvalue weighted by Crippen LogP contribution is -2.20. The summed E-state index contributed by atoms with van der Waals surface area (Å²) in [6.07, 6.45) is 4.94. The number of carbonyl (C=O) groups is 2. The highest BCUT2D eigenvalue weighted by atomic mass is 35.5. The van der Waals surface area contributed by atoms with Crippen molar-refractivity contribution >= 4 is 51.7 Å². The Morgan fingerprint density at radius 3 is 2.54 bits per heavy atom. The molecule has 1 aromatic heterocycles. The van der Waals surface area contributed by atoms with Gasteiger partial charge in [0.1, 0.15) is 5.75 Å². The number of benzene rings is 3. The lowest BCUT2D eigenvalue weighted by Gasteiger charge is -2.11. The van der Waals surface area contributed by atoms with Crippen LogP contribution in [0.25, 0.3) is 10.9 Å². The van der Waals surface area contributed by atoms with E-state index in [4.69, 9.17) is 27.9 Å². The van der Waals surface area contributed by atoms with Gasteiger partial charge in [-0.2, -0.15) is 0 Å². The molecule has 3 aromatic carbocycles. The summed E-state index contributed by atoms with van der Waals surface area (Å²) in [6, 6.07) is 17.5. The zero-order valence-electron chi connectivity index (χ0n) is 20.4. The predicted molar refractivity (Wildman–Crippen MR) is 148 cm³/mol. The average Bonchev–Trinajstić information content (AvgIpc) is 3.20. The normalized spacial score (nSPS) is 10.8. The second-order valence-corrected chi connectivity index (χ2v) is 9.71. The first-order valence-corrected chi connectivity index (χ1v) is 12.4. The smallest absolute Gasteiger partial charge is 0.336 e. The van der Waals surface area contributed by atoms with Crippen LogP contribution in [-0.2, 0) is 17.8 Å². The van der Waals surface area contributed by atoms with Gasteiger partial charge in [-0.3, -0.25) is 4.79 Å². The number of fused-ring (bicyclic) bond motifs is 1. The Morgan fingerprint density at radius 1 is 1.03 bits per heavy atom. The van der Waals surface area contributed by atoms with Gasteiger partial charge in [-0.25, -0.2) is 4.79 Å². The van der Waals surface area contributed by atoms with Gasteiger partial charge in [-0.05, 0) is 67.8 Å². The molecule has 0 saturated carbocycles. The summed E-state index contributed by atoms with van der Waals surface area (Å²) in [4.78, 5) is 24.2. The minimum atomic E-state index is -0.965. The molecule has 6 nitrogen and oxygen atoms in total. The van der Waals surface area contributed by atoms with Gasteiger partial charge in [0.25, 0.3) is 5.91 Å². The second kappa shape index (κ2) is 11.5. The van der Waals surface area contributed by atoms with Crippen LogP contribution in [0, 0.1) is 0 Å². The van der Waals surface area contributed by atoms with E-state index in [9.17, 15) is 14.7 Å². The van der Waals surface area contributed by atoms with Crippen molar-refractivity contribution < 1.29 is 19.4 Å². The van der Waals surface area contributed by atoms with E-state index in [1.54, 1.807) is 30.3 Å². The highest BCUT2D eigenvalue weighted by Crippen LogP contribution is 2.29. The molecule has 190 valence electrons. The number of aromatic nitrogens is 1.